The molecule has 0 rings (SSSR count). The van der Waals surface area contributed by atoms with Gasteiger partial charge in [-0.15, -0.1) is 0 Å². The number of rotatable bonds is 20. The van der Waals surface area contributed by atoms with Gasteiger partial charge < -0.3 is 42.6 Å². The zero-order valence-corrected chi connectivity index (χ0v) is 22.2. The maximum Gasteiger partial charge on any atom is 0.260 e. The van der Waals surface area contributed by atoms with E-state index in [1.54, 1.807) is 41.5 Å². The molecular formula is C23H46O10. The van der Waals surface area contributed by atoms with Gasteiger partial charge in [0.2, 0.25) is 0 Å². The van der Waals surface area contributed by atoms with Crippen molar-refractivity contribution in [3.8, 4) is 0 Å². The molecule has 0 radical (unpaired) electrons. The van der Waals surface area contributed by atoms with Crippen molar-refractivity contribution >= 4 is 6.29 Å². The number of carbonyl (C=O) groups is 1. The molecule has 10 nitrogen and oxygen atoms in total. The molecule has 10 heteroatoms. The largest absolute Gasteiger partial charge is 0.356 e. The molecule has 0 saturated heterocycles. The topological polar surface area (TPSA) is 100 Å². The minimum atomic E-state index is -1.90. The van der Waals surface area contributed by atoms with Crippen molar-refractivity contribution in [3.63, 3.8) is 0 Å². The maximum absolute atomic E-state index is 12.8. The van der Waals surface area contributed by atoms with E-state index in [0.717, 1.165) is 0 Å². The van der Waals surface area contributed by atoms with Crippen LogP contribution in [0.3, 0.4) is 0 Å². The first kappa shape index (κ1) is 32.3. The predicted molar refractivity (Wildman–Crippen MR) is 121 cm³/mol. The number of ether oxygens (including phenoxy) is 9. The van der Waals surface area contributed by atoms with Crippen molar-refractivity contribution in [2.45, 2.75) is 124 Å². The lowest BCUT2D eigenvalue weighted by Gasteiger charge is -2.48. The van der Waals surface area contributed by atoms with Gasteiger partial charge in [-0.3, -0.25) is 4.79 Å². The maximum atomic E-state index is 12.8. The van der Waals surface area contributed by atoms with Crippen molar-refractivity contribution in [3.05, 3.63) is 0 Å². The Morgan fingerprint density at radius 3 is 1.27 bits per heavy atom. The van der Waals surface area contributed by atoms with Gasteiger partial charge in [0, 0.05) is 21.3 Å². The van der Waals surface area contributed by atoms with Crippen LogP contribution < -0.4 is 0 Å². The third-order valence-electron chi connectivity index (χ3n) is 5.23. The smallest absolute Gasteiger partial charge is 0.260 e. The number of methoxy groups -OCH3 is 3. The van der Waals surface area contributed by atoms with E-state index in [1.165, 1.54) is 21.3 Å². The highest BCUT2D eigenvalue weighted by Crippen LogP contribution is 2.40. The average molecular weight is 483 g/mol. The van der Waals surface area contributed by atoms with E-state index in [2.05, 4.69) is 0 Å². The van der Waals surface area contributed by atoms with E-state index in [0.29, 0.717) is 25.5 Å². The van der Waals surface area contributed by atoms with Crippen molar-refractivity contribution in [1.29, 1.82) is 0 Å². The first-order valence-electron chi connectivity index (χ1n) is 11.5. The molecule has 0 aliphatic rings. The van der Waals surface area contributed by atoms with Crippen molar-refractivity contribution in [2.24, 2.45) is 0 Å². The van der Waals surface area contributed by atoms with E-state index >= 15 is 0 Å². The molecule has 33 heavy (non-hydrogen) atoms. The molecule has 0 spiro atoms. The number of hydrogen-bond donors (Lipinski definition) is 0. The van der Waals surface area contributed by atoms with Gasteiger partial charge in [-0.1, -0.05) is 20.3 Å². The van der Waals surface area contributed by atoms with Crippen LogP contribution in [0.25, 0.3) is 0 Å². The summed E-state index contributed by atoms with van der Waals surface area (Å²) < 4.78 is 51.3. The number of aldehydes is 1. The summed E-state index contributed by atoms with van der Waals surface area (Å²) in [6.45, 7) is 14.1. The fraction of sp³-hybridized carbons (Fsp3) is 0.957. The molecule has 0 aromatic carbocycles. The second-order valence-corrected chi connectivity index (χ2v) is 7.76. The third-order valence-corrected chi connectivity index (χ3v) is 5.23. The van der Waals surface area contributed by atoms with Crippen LogP contribution in [0.1, 0.15) is 74.7 Å². The Balaban J connectivity index is 6.27. The summed E-state index contributed by atoms with van der Waals surface area (Å²) in [5.74, 6) is -1.90. The fourth-order valence-corrected chi connectivity index (χ4v) is 3.50. The van der Waals surface area contributed by atoms with Crippen LogP contribution >= 0.6 is 0 Å². The van der Waals surface area contributed by atoms with Crippen LogP contribution in [0.4, 0.5) is 0 Å². The molecule has 0 N–H and O–H groups in total. The second kappa shape index (κ2) is 16.1. The summed E-state index contributed by atoms with van der Waals surface area (Å²) in [4.78, 5) is 12.8. The van der Waals surface area contributed by atoms with Gasteiger partial charge in [-0.25, -0.2) is 0 Å². The van der Waals surface area contributed by atoms with Crippen LogP contribution in [0.15, 0.2) is 0 Å². The van der Waals surface area contributed by atoms with E-state index in [9.17, 15) is 4.79 Å². The lowest BCUT2D eigenvalue weighted by molar-refractivity contribution is -0.411. The summed E-state index contributed by atoms with van der Waals surface area (Å²) in [5, 5.41) is 0. The van der Waals surface area contributed by atoms with Crippen molar-refractivity contribution in [2.75, 3.05) is 21.3 Å². The molecule has 0 amide bonds. The van der Waals surface area contributed by atoms with Gasteiger partial charge in [0.1, 0.15) is 5.60 Å². The molecule has 0 heterocycles. The van der Waals surface area contributed by atoms with Gasteiger partial charge >= 0.3 is 0 Å². The fourth-order valence-electron chi connectivity index (χ4n) is 3.50. The SMILES string of the molecule is CCCC(CC)(OC(C)OC(C)OC)C(C=O)(OC(C)OC(C)OC)OC(C)OC(C)OC. The van der Waals surface area contributed by atoms with Gasteiger partial charge in [-0.2, -0.15) is 0 Å². The number of hydrogen-bond acceptors (Lipinski definition) is 10. The molecule has 0 aromatic rings. The molecule has 0 saturated carbocycles. The highest BCUT2D eigenvalue weighted by atomic mass is 16.9. The molecule has 0 aromatic heterocycles. The zero-order valence-electron chi connectivity index (χ0n) is 22.2. The van der Waals surface area contributed by atoms with E-state index in [4.69, 9.17) is 42.6 Å². The highest BCUT2D eigenvalue weighted by Gasteiger charge is 2.57. The van der Waals surface area contributed by atoms with Gasteiger partial charge in [-0.05, 0) is 54.4 Å². The monoisotopic (exact) mass is 482 g/mol. The van der Waals surface area contributed by atoms with E-state index in [1.807, 2.05) is 13.8 Å². The minimum Gasteiger partial charge on any atom is -0.356 e. The van der Waals surface area contributed by atoms with Crippen LogP contribution in [0.5, 0.6) is 0 Å². The second-order valence-electron chi connectivity index (χ2n) is 7.76. The molecule has 7 unspecified atom stereocenters. The first-order chi connectivity index (χ1) is 15.5. The summed E-state index contributed by atoms with van der Waals surface area (Å²) in [6.07, 6.45) is -2.08. The summed E-state index contributed by atoms with van der Waals surface area (Å²) in [6, 6.07) is 0. The van der Waals surface area contributed by atoms with Gasteiger partial charge in [0.15, 0.2) is 44.0 Å². The molecular weight excluding hydrogens is 436 g/mol. The molecule has 198 valence electrons. The quantitative estimate of drug-likeness (QED) is 0.187. The summed E-state index contributed by atoms with van der Waals surface area (Å²) in [5.41, 5.74) is -1.24. The van der Waals surface area contributed by atoms with Crippen LogP contribution in [-0.4, -0.2) is 76.7 Å². The Morgan fingerprint density at radius 2 is 1.00 bits per heavy atom. The number of carbonyl (C=O) groups excluding carboxylic acids is 1. The Morgan fingerprint density at radius 1 is 0.636 bits per heavy atom. The normalized spacial score (nSPS) is 21.3. The minimum absolute atomic E-state index is 0.369. The first-order valence-corrected chi connectivity index (χ1v) is 11.5. The zero-order chi connectivity index (χ0) is 25.7. The Labute approximate surface area is 199 Å². The Hall–Kier alpha value is -0.690. The lowest BCUT2D eigenvalue weighted by atomic mass is 9.85. The summed E-state index contributed by atoms with van der Waals surface area (Å²) >= 11 is 0. The molecule has 0 fully saturated rings. The third kappa shape index (κ3) is 10.2. The van der Waals surface area contributed by atoms with Crippen molar-refractivity contribution in [1.82, 2.24) is 0 Å². The molecule has 7 atom stereocenters. The highest BCUT2D eigenvalue weighted by molar-refractivity contribution is 5.63. The van der Waals surface area contributed by atoms with Gasteiger partial charge in [0.05, 0.1) is 0 Å². The molecule has 0 aliphatic carbocycles. The lowest BCUT2D eigenvalue weighted by Crippen LogP contribution is -2.63. The van der Waals surface area contributed by atoms with Gasteiger partial charge in [0.25, 0.3) is 5.79 Å². The standard InChI is InChI=1S/C23H46O10/c1-12-14-22(13-2,31-19(6)28-16(3)25-9)23(15-24,32-20(7)29-17(4)26-10)33-21(8)30-18(5)27-11/h15-21H,12-14H2,1-11H3. The van der Waals surface area contributed by atoms with Crippen molar-refractivity contribution < 1.29 is 47.4 Å². The van der Waals surface area contributed by atoms with Crippen LogP contribution in [0.2, 0.25) is 0 Å². The Bertz CT molecular complexity index is 499. The predicted octanol–water partition coefficient (Wildman–Crippen LogP) is 3.95. The van der Waals surface area contributed by atoms with Crippen LogP contribution in [0, 0.1) is 0 Å². The Kier molecular flexibility index (Phi) is 15.7. The average Bonchev–Trinajstić information content (AvgIpc) is 2.77. The molecule has 0 aliphatic heterocycles. The van der Waals surface area contributed by atoms with E-state index in [-0.39, 0.29) is 0 Å². The van der Waals surface area contributed by atoms with Crippen LogP contribution in [-0.2, 0) is 47.4 Å². The van der Waals surface area contributed by atoms with E-state index < -0.39 is 49.1 Å². The summed E-state index contributed by atoms with van der Waals surface area (Å²) in [7, 11) is 4.55. The molecule has 0 bridgehead atoms.